The van der Waals surface area contributed by atoms with Crippen molar-refractivity contribution < 1.29 is 8.83 Å². The van der Waals surface area contributed by atoms with Crippen LogP contribution in [0.1, 0.15) is 17.9 Å². The molecule has 1 aliphatic rings. The molecule has 0 spiro atoms. The lowest BCUT2D eigenvalue weighted by atomic mass is 9.91. The zero-order chi connectivity index (χ0) is 37.5. The summed E-state index contributed by atoms with van der Waals surface area (Å²) in [6.45, 7) is 0. The van der Waals surface area contributed by atoms with Crippen LogP contribution in [0.3, 0.4) is 0 Å². The Kier molecular flexibility index (Phi) is 6.99. The monoisotopic (exact) mass is 731 g/mol. The zero-order valence-electron chi connectivity index (χ0n) is 30.8. The van der Waals surface area contributed by atoms with E-state index in [9.17, 15) is 0 Å². The Morgan fingerprint density at radius 2 is 1.23 bits per heavy atom. The first-order valence-electron chi connectivity index (χ1n) is 19.4. The van der Waals surface area contributed by atoms with E-state index in [0.29, 0.717) is 11.7 Å². The summed E-state index contributed by atoms with van der Waals surface area (Å²) in [5.41, 5.74) is 12.3. The summed E-state index contributed by atoms with van der Waals surface area (Å²) in [7, 11) is 0. The standard InChI is InChI=1S/C52H33N3O2/c1-3-12-32(13-4-1)33-22-24-34(25-23-33)44-31-45(54-52(53-44)35-26-27-39-38-17-8-10-21-47(38)56-48(39)30-35)43-19-11-18-41-42-29-28-40-37-16-7-9-20-46(37)55(36-14-5-2-6-15-36)49(40)51(42)57-50(41)43/h1-12,14-32H,13H2. The van der Waals surface area contributed by atoms with Crippen molar-refractivity contribution in [1.29, 1.82) is 0 Å². The molecule has 0 saturated carbocycles. The number of hydrogen-bond donors (Lipinski definition) is 0. The first-order chi connectivity index (χ1) is 28.2. The molecule has 0 saturated heterocycles. The van der Waals surface area contributed by atoms with Crippen molar-refractivity contribution >= 4 is 65.7 Å². The Morgan fingerprint density at radius 3 is 2.11 bits per heavy atom. The average Bonchev–Trinajstić information content (AvgIpc) is 3.96. The lowest BCUT2D eigenvalue weighted by Gasteiger charge is -2.14. The minimum Gasteiger partial charge on any atom is -0.456 e. The molecule has 4 aromatic heterocycles. The van der Waals surface area contributed by atoms with Gasteiger partial charge in [0.25, 0.3) is 0 Å². The van der Waals surface area contributed by atoms with Crippen molar-refractivity contribution in [3.8, 4) is 39.6 Å². The van der Waals surface area contributed by atoms with Crippen LogP contribution in [-0.2, 0) is 0 Å². The predicted molar refractivity (Wildman–Crippen MR) is 233 cm³/mol. The van der Waals surface area contributed by atoms with E-state index < -0.39 is 0 Å². The Balaban J connectivity index is 1.08. The van der Waals surface area contributed by atoms with Crippen LogP contribution >= 0.6 is 0 Å². The number of benzene rings is 7. The highest BCUT2D eigenvalue weighted by atomic mass is 16.3. The highest BCUT2D eigenvalue weighted by Crippen LogP contribution is 2.43. The molecule has 0 bridgehead atoms. The highest BCUT2D eigenvalue weighted by Gasteiger charge is 2.22. The van der Waals surface area contributed by atoms with E-state index in [0.717, 1.165) is 100 Å². The van der Waals surface area contributed by atoms with Gasteiger partial charge in [-0.15, -0.1) is 0 Å². The van der Waals surface area contributed by atoms with Gasteiger partial charge in [-0.05, 0) is 66.6 Å². The Bertz CT molecular complexity index is 3440. The molecule has 0 N–H and O–H groups in total. The summed E-state index contributed by atoms with van der Waals surface area (Å²) < 4.78 is 15.7. The van der Waals surface area contributed by atoms with Crippen LogP contribution in [0.25, 0.3) is 105 Å². The van der Waals surface area contributed by atoms with E-state index in [4.69, 9.17) is 18.8 Å². The average molecular weight is 732 g/mol. The number of aromatic nitrogens is 3. The Morgan fingerprint density at radius 1 is 0.509 bits per heavy atom. The summed E-state index contributed by atoms with van der Waals surface area (Å²) in [5.74, 6) is 0.989. The number of fused-ring (bicyclic) bond motifs is 10. The normalized spacial score (nSPS) is 14.3. The first-order valence-corrected chi connectivity index (χ1v) is 19.4. The Hall–Kier alpha value is -7.50. The molecule has 1 aliphatic carbocycles. The second-order valence-electron chi connectivity index (χ2n) is 14.9. The topological polar surface area (TPSA) is 57.0 Å². The van der Waals surface area contributed by atoms with E-state index in [1.807, 2.05) is 18.2 Å². The summed E-state index contributed by atoms with van der Waals surface area (Å²) in [6.07, 6.45) is 9.75. The van der Waals surface area contributed by atoms with Gasteiger partial charge in [0.2, 0.25) is 0 Å². The fourth-order valence-electron chi connectivity index (χ4n) is 8.81. The first kappa shape index (κ1) is 31.8. The quantitative estimate of drug-likeness (QED) is 0.177. The van der Waals surface area contributed by atoms with E-state index in [1.165, 1.54) is 10.9 Å². The van der Waals surface area contributed by atoms with Crippen molar-refractivity contribution in [2.24, 2.45) is 0 Å². The van der Waals surface area contributed by atoms with Gasteiger partial charge in [0.05, 0.1) is 22.4 Å². The summed E-state index contributed by atoms with van der Waals surface area (Å²) >= 11 is 0. The third-order valence-corrected chi connectivity index (χ3v) is 11.6. The number of rotatable bonds is 5. The third kappa shape index (κ3) is 5.02. The molecule has 1 atom stereocenters. The minimum atomic E-state index is 0.369. The number of nitrogens with zero attached hydrogens (tertiary/aromatic N) is 3. The number of hydrogen-bond acceptors (Lipinski definition) is 4. The van der Waals surface area contributed by atoms with Gasteiger partial charge < -0.3 is 13.4 Å². The Labute approximate surface area is 327 Å². The molecule has 11 aromatic rings. The molecule has 0 aliphatic heterocycles. The van der Waals surface area contributed by atoms with Gasteiger partial charge >= 0.3 is 0 Å². The SMILES string of the molecule is C1=CCC(c2ccc(-c3cc(-c4cccc5c4oc4c5ccc5c6ccccc6n(-c6ccccc6)c54)nc(-c4ccc5c(c4)oc4ccccc45)n3)cc2)C=C1. The van der Waals surface area contributed by atoms with Crippen LogP contribution in [0.15, 0.2) is 191 Å². The zero-order valence-corrected chi connectivity index (χ0v) is 30.8. The maximum absolute atomic E-state index is 7.10. The second kappa shape index (κ2) is 12.5. The second-order valence-corrected chi connectivity index (χ2v) is 14.9. The number of para-hydroxylation sites is 4. The third-order valence-electron chi connectivity index (χ3n) is 11.6. The van der Waals surface area contributed by atoms with Gasteiger partial charge in [-0.1, -0.05) is 127 Å². The van der Waals surface area contributed by atoms with Gasteiger partial charge in [-0.3, -0.25) is 0 Å². The van der Waals surface area contributed by atoms with Crippen LogP contribution in [0.5, 0.6) is 0 Å². The summed E-state index contributed by atoms with van der Waals surface area (Å²) in [4.78, 5) is 10.5. The van der Waals surface area contributed by atoms with E-state index in [1.54, 1.807) is 0 Å². The molecule has 57 heavy (non-hydrogen) atoms. The molecule has 268 valence electrons. The maximum atomic E-state index is 7.10. The van der Waals surface area contributed by atoms with Crippen LogP contribution in [0, 0.1) is 0 Å². The number of allylic oxidation sites excluding steroid dienone is 4. The van der Waals surface area contributed by atoms with Crippen LogP contribution in [-0.4, -0.2) is 14.5 Å². The van der Waals surface area contributed by atoms with Crippen LogP contribution in [0.2, 0.25) is 0 Å². The molecule has 12 rings (SSSR count). The lowest BCUT2D eigenvalue weighted by molar-refractivity contribution is 0.669. The molecule has 0 radical (unpaired) electrons. The van der Waals surface area contributed by atoms with Gasteiger partial charge in [-0.2, -0.15) is 0 Å². The van der Waals surface area contributed by atoms with Gasteiger partial charge in [0, 0.05) is 60.6 Å². The molecule has 0 fully saturated rings. The predicted octanol–water partition coefficient (Wildman–Crippen LogP) is 14.0. The van der Waals surface area contributed by atoms with Gasteiger partial charge in [0.15, 0.2) is 11.4 Å². The molecule has 5 heteroatoms. The van der Waals surface area contributed by atoms with Crippen molar-refractivity contribution in [3.05, 3.63) is 188 Å². The lowest BCUT2D eigenvalue weighted by Crippen LogP contribution is -1.98. The van der Waals surface area contributed by atoms with Crippen molar-refractivity contribution in [3.63, 3.8) is 0 Å². The fraction of sp³-hybridized carbons (Fsp3) is 0.0385. The van der Waals surface area contributed by atoms with E-state index in [-0.39, 0.29) is 0 Å². The van der Waals surface area contributed by atoms with Gasteiger partial charge in [0.1, 0.15) is 16.7 Å². The fourth-order valence-corrected chi connectivity index (χ4v) is 8.81. The van der Waals surface area contributed by atoms with Crippen molar-refractivity contribution in [2.45, 2.75) is 12.3 Å². The number of furan rings is 2. The van der Waals surface area contributed by atoms with Crippen molar-refractivity contribution in [2.75, 3.05) is 0 Å². The largest absolute Gasteiger partial charge is 0.456 e. The van der Waals surface area contributed by atoms with Gasteiger partial charge in [-0.25, -0.2) is 9.97 Å². The van der Waals surface area contributed by atoms with Crippen molar-refractivity contribution in [1.82, 2.24) is 14.5 Å². The van der Waals surface area contributed by atoms with E-state index in [2.05, 4.69) is 168 Å². The molecular formula is C52H33N3O2. The highest BCUT2D eigenvalue weighted by molar-refractivity contribution is 6.22. The summed E-state index contributed by atoms with van der Waals surface area (Å²) in [6, 6.07) is 55.2. The minimum absolute atomic E-state index is 0.369. The molecule has 4 heterocycles. The molecular weight excluding hydrogens is 699 g/mol. The van der Waals surface area contributed by atoms with E-state index >= 15 is 0 Å². The molecule has 5 nitrogen and oxygen atoms in total. The smallest absolute Gasteiger partial charge is 0.160 e. The summed E-state index contributed by atoms with van der Waals surface area (Å²) in [5, 5.41) is 6.60. The molecule has 7 aromatic carbocycles. The molecule has 0 amide bonds. The molecule has 1 unspecified atom stereocenters. The van der Waals surface area contributed by atoms with Crippen LogP contribution in [0.4, 0.5) is 0 Å². The maximum Gasteiger partial charge on any atom is 0.160 e. The van der Waals surface area contributed by atoms with Crippen LogP contribution < -0.4 is 0 Å².